The van der Waals surface area contributed by atoms with E-state index in [0.29, 0.717) is 18.5 Å². The molecule has 3 rings (SSSR count). The number of aliphatic imine (C=N–C) groups is 1. The van der Waals surface area contributed by atoms with E-state index >= 15 is 0 Å². The summed E-state index contributed by atoms with van der Waals surface area (Å²) in [7, 11) is 0. The lowest BCUT2D eigenvalue weighted by Crippen LogP contribution is -2.49. The minimum atomic E-state index is -0.387. The average Bonchev–Trinajstić information content (AvgIpc) is 3.20. The Morgan fingerprint density at radius 2 is 2.14 bits per heavy atom. The van der Waals surface area contributed by atoms with E-state index in [1.807, 2.05) is 18.7 Å². The quantitative estimate of drug-likeness (QED) is 0.224. The summed E-state index contributed by atoms with van der Waals surface area (Å²) in [6, 6.07) is 6.94. The number of aromatic nitrogens is 2. The first-order chi connectivity index (χ1) is 13.1. The lowest BCUT2D eigenvalue weighted by atomic mass is 9.93. The number of nitro groups is 1. The monoisotopic (exact) mass is 498 g/mol. The molecule has 0 bridgehead atoms. The third-order valence-electron chi connectivity index (χ3n) is 5.02. The van der Waals surface area contributed by atoms with Crippen LogP contribution in [0.25, 0.3) is 0 Å². The Morgan fingerprint density at radius 1 is 1.39 bits per heavy atom. The number of nitro benzene ring substituents is 1. The number of rotatable bonds is 5. The molecule has 0 amide bonds. The van der Waals surface area contributed by atoms with E-state index < -0.39 is 0 Å². The van der Waals surface area contributed by atoms with Gasteiger partial charge in [-0.1, -0.05) is 19.1 Å². The van der Waals surface area contributed by atoms with Crippen LogP contribution in [0.15, 0.2) is 48.0 Å². The second-order valence-electron chi connectivity index (χ2n) is 6.88. The number of hydrogen-bond acceptors (Lipinski definition) is 4. The van der Waals surface area contributed by atoms with Crippen LogP contribution >= 0.6 is 24.0 Å². The molecule has 1 aliphatic rings. The molecule has 2 aromatic rings. The van der Waals surface area contributed by atoms with Crippen LogP contribution in [0.3, 0.4) is 0 Å². The van der Waals surface area contributed by atoms with E-state index in [2.05, 4.69) is 33.6 Å². The maximum absolute atomic E-state index is 10.8. The molecule has 0 spiro atoms. The summed E-state index contributed by atoms with van der Waals surface area (Å²) in [4.78, 5) is 21.6. The van der Waals surface area contributed by atoms with Crippen LogP contribution in [0.1, 0.15) is 31.9 Å². The number of hydrogen-bond donors (Lipinski definition) is 1. The van der Waals surface area contributed by atoms with E-state index in [0.717, 1.165) is 37.6 Å². The highest BCUT2D eigenvalue weighted by Crippen LogP contribution is 2.27. The van der Waals surface area contributed by atoms with Crippen molar-refractivity contribution in [1.82, 2.24) is 19.8 Å². The molecule has 0 aliphatic carbocycles. The molecule has 1 aliphatic heterocycles. The summed E-state index contributed by atoms with van der Waals surface area (Å²) in [5, 5.41) is 14.2. The van der Waals surface area contributed by atoms with Gasteiger partial charge in [-0.15, -0.1) is 24.0 Å². The second-order valence-corrected chi connectivity index (χ2v) is 6.88. The molecular formula is C19H27IN6O2. The molecule has 9 heteroatoms. The first kappa shape index (κ1) is 22.1. The van der Waals surface area contributed by atoms with Crippen molar-refractivity contribution in [3.05, 3.63) is 58.7 Å². The number of nitrogens with one attached hydrogen (secondary N) is 1. The normalized spacial score (nSPS) is 19.8. The van der Waals surface area contributed by atoms with Crippen molar-refractivity contribution in [2.24, 2.45) is 10.9 Å². The number of piperidine rings is 1. The molecule has 1 fully saturated rings. The van der Waals surface area contributed by atoms with Crippen LogP contribution in [-0.4, -0.2) is 45.0 Å². The largest absolute Gasteiger partial charge is 0.357 e. The molecule has 1 N–H and O–H groups in total. The molecule has 1 aromatic heterocycles. The van der Waals surface area contributed by atoms with Crippen LogP contribution in [0.4, 0.5) is 5.69 Å². The zero-order valence-electron chi connectivity index (χ0n) is 16.2. The van der Waals surface area contributed by atoms with Crippen molar-refractivity contribution in [3.8, 4) is 0 Å². The van der Waals surface area contributed by atoms with Crippen LogP contribution in [0.5, 0.6) is 0 Å². The van der Waals surface area contributed by atoms with Gasteiger partial charge in [-0.25, -0.2) is 9.98 Å². The highest BCUT2D eigenvalue weighted by Gasteiger charge is 2.28. The maximum atomic E-state index is 10.8. The minimum absolute atomic E-state index is 0. The van der Waals surface area contributed by atoms with Gasteiger partial charge < -0.3 is 14.8 Å². The van der Waals surface area contributed by atoms with Crippen LogP contribution in [0.2, 0.25) is 0 Å². The van der Waals surface area contributed by atoms with Gasteiger partial charge in [0.25, 0.3) is 5.69 Å². The third kappa shape index (κ3) is 5.43. The zero-order chi connectivity index (χ0) is 19.2. The molecule has 2 unspecified atom stereocenters. The number of guanidine groups is 1. The SMILES string of the molecule is CCNC(=NCc1ccc([N+](=O)[O-])cc1)N1CCC(C)C(n2ccnc2)C1.I. The summed E-state index contributed by atoms with van der Waals surface area (Å²) in [6.07, 6.45) is 6.81. The Kier molecular flexibility index (Phi) is 8.21. The van der Waals surface area contributed by atoms with Crippen molar-refractivity contribution in [2.75, 3.05) is 19.6 Å². The Morgan fingerprint density at radius 3 is 2.75 bits per heavy atom. The van der Waals surface area contributed by atoms with Gasteiger partial charge >= 0.3 is 0 Å². The molecule has 2 heterocycles. The van der Waals surface area contributed by atoms with Crippen molar-refractivity contribution in [2.45, 2.75) is 32.9 Å². The van der Waals surface area contributed by atoms with Crippen LogP contribution < -0.4 is 5.32 Å². The molecule has 1 aromatic carbocycles. The van der Waals surface area contributed by atoms with Gasteiger partial charge in [-0.05, 0) is 24.8 Å². The molecule has 0 saturated carbocycles. The first-order valence-corrected chi connectivity index (χ1v) is 9.32. The summed E-state index contributed by atoms with van der Waals surface area (Å²) < 4.78 is 2.18. The number of likely N-dealkylation sites (tertiary alicyclic amines) is 1. The number of nitrogens with zero attached hydrogens (tertiary/aromatic N) is 5. The topological polar surface area (TPSA) is 88.6 Å². The number of halogens is 1. The van der Waals surface area contributed by atoms with E-state index in [9.17, 15) is 10.1 Å². The van der Waals surface area contributed by atoms with Gasteiger partial charge in [-0.2, -0.15) is 0 Å². The van der Waals surface area contributed by atoms with Crippen molar-refractivity contribution in [1.29, 1.82) is 0 Å². The minimum Gasteiger partial charge on any atom is -0.357 e. The number of non-ortho nitro benzene ring substituents is 1. The lowest BCUT2D eigenvalue weighted by Gasteiger charge is -2.39. The van der Waals surface area contributed by atoms with Crippen LogP contribution in [-0.2, 0) is 6.54 Å². The Hall–Kier alpha value is -2.17. The van der Waals surface area contributed by atoms with Crippen LogP contribution in [0, 0.1) is 16.0 Å². The molecule has 2 atom stereocenters. The van der Waals surface area contributed by atoms with Gasteiger partial charge in [0.1, 0.15) is 0 Å². The summed E-state index contributed by atoms with van der Waals surface area (Å²) in [5.74, 6) is 1.46. The van der Waals surface area contributed by atoms with E-state index in [1.54, 1.807) is 12.1 Å². The van der Waals surface area contributed by atoms with Gasteiger partial charge in [0.15, 0.2) is 5.96 Å². The van der Waals surface area contributed by atoms with Gasteiger partial charge in [0.2, 0.25) is 0 Å². The fraction of sp³-hybridized carbons (Fsp3) is 0.474. The molecule has 28 heavy (non-hydrogen) atoms. The summed E-state index contributed by atoms with van der Waals surface area (Å²) >= 11 is 0. The molecular weight excluding hydrogens is 471 g/mol. The fourth-order valence-electron chi connectivity index (χ4n) is 3.41. The van der Waals surface area contributed by atoms with E-state index in [-0.39, 0.29) is 34.6 Å². The van der Waals surface area contributed by atoms with Gasteiger partial charge in [-0.3, -0.25) is 10.1 Å². The smallest absolute Gasteiger partial charge is 0.269 e. The van der Waals surface area contributed by atoms with E-state index in [1.165, 1.54) is 12.1 Å². The second kappa shape index (κ2) is 10.4. The van der Waals surface area contributed by atoms with Gasteiger partial charge in [0.05, 0.1) is 23.8 Å². The Bertz CT molecular complexity index is 778. The average molecular weight is 498 g/mol. The molecule has 152 valence electrons. The fourth-order valence-corrected chi connectivity index (χ4v) is 3.41. The predicted octanol–water partition coefficient (Wildman–Crippen LogP) is 3.46. The predicted molar refractivity (Wildman–Crippen MR) is 120 cm³/mol. The highest BCUT2D eigenvalue weighted by molar-refractivity contribution is 14.0. The highest BCUT2D eigenvalue weighted by atomic mass is 127. The molecule has 8 nitrogen and oxygen atoms in total. The summed E-state index contributed by atoms with van der Waals surface area (Å²) in [6.45, 7) is 7.45. The maximum Gasteiger partial charge on any atom is 0.269 e. The van der Waals surface area contributed by atoms with Crippen molar-refractivity contribution < 1.29 is 4.92 Å². The Balaban J connectivity index is 0.00000280. The zero-order valence-corrected chi connectivity index (χ0v) is 18.5. The number of imidazole rings is 1. The third-order valence-corrected chi connectivity index (χ3v) is 5.02. The Labute approximate surface area is 182 Å². The lowest BCUT2D eigenvalue weighted by molar-refractivity contribution is -0.384. The first-order valence-electron chi connectivity index (χ1n) is 9.32. The standard InChI is InChI=1S/C19H26N6O2.HI/c1-3-21-19(22-12-16-4-6-17(7-5-16)25(26)27)23-10-8-15(2)18(13-23)24-11-9-20-14-24;/h4-7,9,11,14-15,18H,3,8,10,12-13H2,1-2H3,(H,21,22);1H. The van der Waals surface area contributed by atoms with E-state index in [4.69, 9.17) is 4.99 Å². The van der Waals surface area contributed by atoms with Gasteiger partial charge in [0, 0.05) is 44.2 Å². The summed E-state index contributed by atoms with van der Waals surface area (Å²) in [5.41, 5.74) is 1.05. The molecule has 1 saturated heterocycles. The molecule has 0 radical (unpaired) electrons. The number of benzene rings is 1. The van der Waals surface area contributed by atoms with Crippen molar-refractivity contribution in [3.63, 3.8) is 0 Å². The van der Waals surface area contributed by atoms with Crippen molar-refractivity contribution >= 4 is 35.6 Å².